The zero-order chi connectivity index (χ0) is 20.5. The molecule has 0 aliphatic rings. The van der Waals surface area contributed by atoms with E-state index in [0.29, 0.717) is 0 Å². The highest BCUT2D eigenvalue weighted by molar-refractivity contribution is 5.84. The minimum absolute atomic E-state index is 0.182. The van der Waals surface area contributed by atoms with Gasteiger partial charge in [0.25, 0.3) is 0 Å². The van der Waals surface area contributed by atoms with Crippen LogP contribution in [0.3, 0.4) is 0 Å². The number of benzene rings is 3. The Morgan fingerprint density at radius 2 is 1.48 bits per heavy atom. The maximum atomic E-state index is 12.7. The highest BCUT2D eigenvalue weighted by atomic mass is 19.3. The van der Waals surface area contributed by atoms with E-state index in [-0.39, 0.29) is 5.75 Å². The average molecular weight is 395 g/mol. The molecule has 0 aliphatic carbocycles. The van der Waals surface area contributed by atoms with Crippen LogP contribution in [0.4, 0.5) is 8.78 Å². The third kappa shape index (κ3) is 6.15. The van der Waals surface area contributed by atoms with Crippen molar-refractivity contribution in [1.29, 1.82) is 0 Å². The largest absolute Gasteiger partial charge is 0.435 e. The molecule has 0 radical (unpaired) electrons. The number of hydrogen-bond donors (Lipinski definition) is 0. The van der Waals surface area contributed by atoms with Gasteiger partial charge in [-0.15, -0.1) is 0 Å². The van der Waals surface area contributed by atoms with Crippen molar-refractivity contribution in [3.05, 3.63) is 78.4 Å². The van der Waals surface area contributed by atoms with E-state index in [1.807, 2.05) is 24.3 Å². The number of alkyl halides is 2. The molecule has 3 aromatic carbocycles. The molecule has 0 aromatic heterocycles. The summed E-state index contributed by atoms with van der Waals surface area (Å²) in [6.07, 6.45) is 7.24. The lowest BCUT2D eigenvalue weighted by molar-refractivity contribution is -0.0498. The van der Waals surface area contributed by atoms with E-state index >= 15 is 0 Å². The SMILES string of the molecule is CCCCCCCc1ccc(-c2ccccc2)c(-c2cccc(OC(F)F)c2)c1. The Bertz CT molecular complexity index is 890. The maximum absolute atomic E-state index is 12.7. The summed E-state index contributed by atoms with van der Waals surface area (Å²) < 4.78 is 30.0. The van der Waals surface area contributed by atoms with Crippen LogP contribution in [0.1, 0.15) is 44.6 Å². The molecule has 3 aromatic rings. The second-order valence-electron chi connectivity index (χ2n) is 7.32. The number of halogens is 2. The molecule has 0 fully saturated rings. The van der Waals surface area contributed by atoms with Crippen LogP contribution in [0.25, 0.3) is 22.3 Å². The molecule has 0 spiro atoms. The van der Waals surface area contributed by atoms with Gasteiger partial charge in [-0.1, -0.05) is 93.3 Å². The van der Waals surface area contributed by atoms with Crippen molar-refractivity contribution in [2.24, 2.45) is 0 Å². The van der Waals surface area contributed by atoms with E-state index in [4.69, 9.17) is 0 Å². The number of unbranched alkanes of at least 4 members (excludes halogenated alkanes) is 4. The second-order valence-corrected chi connectivity index (χ2v) is 7.32. The highest BCUT2D eigenvalue weighted by Gasteiger charge is 2.11. The predicted molar refractivity (Wildman–Crippen MR) is 116 cm³/mol. The molecule has 1 nitrogen and oxygen atoms in total. The van der Waals surface area contributed by atoms with Gasteiger partial charge in [-0.2, -0.15) is 8.78 Å². The van der Waals surface area contributed by atoms with Gasteiger partial charge in [-0.3, -0.25) is 0 Å². The molecular weight excluding hydrogens is 366 g/mol. The second kappa shape index (κ2) is 10.8. The van der Waals surface area contributed by atoms with Crippen molar-refractivity contribution >= 4 is 0 Å². The lowest BCUT2D eigenvalue weighted by Gasteiger charge is -2.14. The molecule has 0 amide bonds. The van der Waals surface area contributed by atoms with Gasteiger partial charge in [-0.05, 0) is 52.8 Å². The Kier molecular flexibility index (Phi) is 7.80. The third-order valence-electron chi connectivity index (χ3n) is 5.11. The topological polar surface area (TPSA) is 9.23 Å². The summed E-state index contributed by atoms with van der Waals surface area (Å²) in [5.41, 5.74) is 5.40. The summed E-state index contributed by atoms with van der Waals surface area (Å²) in [4.78, 5) is 0. The summed E-state index contributed by atoms with van der Waals surface area (Å²) in [6, 6.07) is 23.7. The smallest absolute Gasteiger partial charge is 0.387 e. The molecule has 0 atom stereocenters. The molecule has 3 heteroatoms. The molecule has 152 valence electrons. The Hall–Kier alpha value is -2.68. The monoisotopic (exact) mass is 394 g/mol. The molecule has 0 bridgehead atoms. The van der Waals surface area contributed by atoms with Crippen LogP contribution in [-0.2, 0) is 6.42 Å². The zero-order valence-corrected chi connectivity index (χ0v) is 16.9. The standard InChI is InChI=1S/C26H28F2O/c1-2-3-4-5-7-11-20-16-17-24(21-12-8-6-9-13-21)25(18-20)22-14-10-15-23(19-22)29-26(27)28/h6,8-10,12-19,26H,2-5,7,11H2,1H3. The molecule has 29 heavy (non-hydrogen) atoms. The summed E-state index contributed by atoms with van der Waals surface area (Å²) in [5.74, 6) is 0.182. The van der Waals surface area contributed by atoms with Gasteiger partial charge >= 0.3 is 6.61 Å². The number of ether oxygens (including phenoxy) is 1. The Balaban J connectivity index is 1.92. The minimum Gasteiger partial charge on any atom is -0.435 e. The first-order valence-electron chi connectivity index (χ1n) is 10.4. The van der Waals surface area contributed by atoms with Gasteiger partial charge in [0, 0.05) is 0 Å². The van der Waals surface area contributed by atoms with E-state index in [2.05, 4.69) is 42.0 Å². The van der Waals surface area contributed by atoms with Crippen LogP contribution < -0.4 is 4.74 Å². The number of rotatable bonds is 10. The van der Waals surface area contributed by atoms with Gasteiger partial charge in [0.1, 0.15) is 5.75 Å². The van der Waals surface area contributed by atoms with Crippen molar-refractivity contribution in [1.82, 2.24) is 0 Å². The lowest BCUT2D eigenvalue weighted by atomic mass is 9.91. The predicted octanol–water partition coefficient (Wildman–Crippen LogP) is 8.13. The average Bonchev–Trinajstić information content (AvgIpc) is 2.74. The molecule has 0 saturated heterocycles. The summed E-state index contributed by atoms with van der Waals surface area (Å²) in [7, 11) is 0. The van der Waals surface area contributed by atoms with Crippen molar-refractivity contribution in [2.75, 3.05) is 0 Å². The van der Waals surface area contributed by atoms with E-state index in [0.717, 1.165) is 28.7 Å². The van der Waals surface area contributed by atoms with Crippen molar-refractivity contribution < 1.29 is 13.5 Å². The summed E-state index contributed by atoms with van der Waals surface area (Å²) in [6.45, 7) is -0.603. The lowest BCUT2D eigenvalue weighted by Crippen LogP contribution is -2.01. The van der Waals surface area contributed by atoms with Gasteiger partial charge < -0.3 is 4.74 Å². The first kappa shape index (κ1) is 21.0. The van der Waals surface area contributed by atoms with Gasteiger partial charge in [-0.25, -0.2) is 0 Å². The molecule has 0 aliphatic heterocycles. The fourth-order valence-corrected chi connectivity index (χ4v) is 3.63. The third-order valence-corrected chi connectivity index (χ3v) is 5.11. The normalized spacial score (nSPS) is 11.0. The molecule has 0 N–H and O–H groups in total. The Morgan fingerprint density at radius 3 is 2.24 bits per heavy atom. The van der Waals surface area contributed by atoms with Crippen LogP contribution in [-0.4, -0.2) is 6.61 Å². The summed E-state index contributed by atoms with van der Waals surface area (Å²) in [5, 5.41) is 0. The molecule has 0 heterocycles. The van der Waals surface area contributed by atoms with Crippen LogP contribution >= 0.6 is 0 Å². The van der Waals surface area contributed by atoms with Crippen molar-refractivity contribution in [2.45, 2.75) is 52.1 Å². The number of hydrogen-bond acceptors (Lipinski definition) is 1. The van der Waals surface area contributed by atoms with E-state index in [1.165, 1.54) is 37.7 Å². The van der Waals surface area contributed by atoms with E-state index < -0.39 is 6.61 Å². The van der Waals surface area contributed by atoms with Crippen molar-refractivity contribution in [3.63, 3.8) is 0 Å². The van der Waals surface area contributed by atoms with Gasteiger partial charge in [0.05, 0.1) is 0 Å². The molecule has 0 unspecified atom stereocenters. The highest BCUT2D eigenvalue weighted by Crippen LogP contribution is 2.35. The molecular formula is C26H28F2O. The van der Waals surface area contributed by atoms with Crippen molar-refractivity contribution in [3.8, 4) is 28.0 Å². The molecule has 3 rings (SSSR count). The first-order chi connectivity index (χ1) is 14.2. The Morgan fingerprint density at radius 1 is 0.724 bits per heavy atom. The fourth-order valence-electron chi connectivity index (χ4n) is 3.63. The Labute approximate surface area is 172 Å². The fraction of sp³-hybridized carbons (Fsp3) is 0.308. The van der Waals surface area contributed by atoms with E-state index in [1.54, 1.807) is 18.2 Å². The number of aryl methyl sites for hydroxylation is 1. The van der Waals surface area contributed by atoms with E-state index in [9.17, 15) is 8.78 Å². The van der Waals surface area contributed by atoms with Gasteiger partial charge in [0.2, 0.25) is 0 Å². The maximum Gasteiger partial charge on any atom is 0.387 e. The van der Waals surface area contributed by atoms with Gasteiger partial charge in [0.15, 0.2) is 0 Å². The molecule has 0 saturated carbocycles. The summed E-state index contributed by atoms with van der Waals surface area (Å²) >= 11 is 0. The van der Waals surface area contributed by atoms with Crippen LogP contribution in [0.2, 0.25) is 0 Å². The van der Waals surface area contributed by atoms with Crippen LogP contribution in [0.15, 0.2) is 72.8 Å². The first-order valence-corrected chi connectivity index (χ1v) is 10.4. The minimum atomic E-state index is -2.83. The zero-order valence-electron chi connectivity index (χ0n) is 16.9. The quantitative estimate of drug-likeness (QED) is 0.315. The van der Waals surface area contributed by atoms with Crippen LogP contribution in [0, 0.1) is 0 Å². The van der Waals surface area contributed by atoms with Crippen LogP contribution in [0.5, 0.6) is 5.75 Å².